The largest absolute Gasteiger partial charge is 0.468 e. The van der Waals surface area contributed by atoms with Crippen molar-refractivity contribution in [2.45, 2.75) is 39.3 Å². The summed E-state index contributed by atoms with van der Waals surface area (Å²) >= 11 is 0. The first kappa shape index (κ1) is 12.9. The van der Waals surface area contributed by atoms with E-state index in [4.69, 9.17) is 4.42 Å². The van der Waals surface area contributed by atoms with Gasteiger partial charge < -0.3 is 9.73 Å². The molecule has 0 spiro atoms. The maximum atomic E-state index is 5.31. The molecule has 2 rings (SSSR count). The van der Waals surface area contributed by atoms with E-state index in [-0.39, 0.29) is 5.41 Å². The molecule has 0 fully saturated rings. The van der Waals surface area contributed by atoms with Crippen LogP contribution in [0.4, 0.5) is 0 Å². The molecule has 2 nitrogen and oxygen atoms in total. The Morgan fingerprint density at radius 2 is 1.78 bits per heavy atom. The third-order valence-electron chi connectivity index (χ3n) is 3.02. The Labute approximate surface area is 109 Å². The smallest absolute Gasteiger partial charge is 0.117 e. The van der Waals surface area contributed by atoms with Crippen LogP contribution in [0.25, 0.3) is 0 Å². The highest BCUT2D eigenvalue weighted by Gasteiger charge is 2.16. The van der Waals surface area contributed by atoms with Crippen LogP contribution in [-0.2, 0) is 18.5 Å². The Balaban J connectivity index is 2.01. The van der Waals surface area contributed by atoms with E-state index in [9.17, 15) is 0 Å². The van der Waals surface area contributed by atoms with Gasteiger partial charge in [-0.15, -0.1) is 0 Å². The van der Waals surface area contributed by atoms with Gasteiger partial charge in [-0.05, 0) is 28.7 Å². The molecule has 0 saturated heterocycles. The lowest BCUT2D eigenvalue weighted by atomic mass is 9.84. The van der Waals surface area contributed by atoms with Crippen molar-refractivity contribution in [3.05, 3.63) is 59.5 Å². The van der Waals surface area contributed by atoms with Crippen molar-refractivity contribution in [1.82, 2.24) is 5.32 Å². The van der Waals surface area contributed by atoms with Gasteiger partial charge in [0.2, 0.25) is 0 Å². The molecule has 0 saturated carbocycles. The molecule has 0 aliphatic carbocycles. The fourth-order valence-electron chi connectivity index (χ4n) is 2.14. The van der Waals surface area contributed by atoms with Crippen LogP contribution in [0.15, 0.2) is 47.1 Å². The summed E-state index contributed by atoms with van der Waals surface area (Å²) in [5.41, 5.74) is 2.94. The minimum atomic E-state index is 0.183. The van der Waals surface area contributed by atoms with Crippen LogP contribution >= 0.6 is 0 Å². The van der Waals surface area contributed by atoms with Gasteiger partial charge in [0, 0.05) is 6.54 Å². The molecule has 0 radical (unpaired) electrons. The summed E-state index contributed by atoms with van der Waals surface area (Å²) in [6, 6.07) is 12.5. The van der Waals surface area contributed by atoms with Crippen LogP contribution in [0.5, 0.6) is 0 Å². The molecule has 18 heavy (non-hydrogen) atoms. The number of nitrogens with one attached hydrogen (secondary N) is 1. The van der Waals surface area contributed by atoms with Gasteiger partial charge in [0.1, 0.15) is 5.76 Å². The molecule has 0 amide bonds. The molecule has 0 bridgehead atoms. The zero-order chi connectivity index (χ0) is 13.0. The maximum Gasteiger partial charge on any atom is 0.117 e. The highest BCUT2D eigenvalue weighted by Crippen LogP contribution is 2.25. The van der Waals surface area contributed by atoms with Crippen LogP contribution in [-0.4, -0.2) is 0 Å². The number of hydrogen-bond donors (Lipinski definition) is 1. The second-order valence-electron chi connectivity index (χ2n) is 5.59. The van der Waals surface area contributed by atoms with Gasteiger partial charge in [-0.2, -0.15) is 0 Å². The molecular weight excluding hydrogens is 222 g/mol. The zero-order valence-electron chi connectivity index (χ0n) is 11.4. The van der Waals surface area contributed by atoms with E-state index in [1.165, 1.54) is 11.1 Å². The first-order valence-electron chi connectivity index (χ1n) is 6.39. The molecule has 0 unspecified atom stereocenters. The molecule has 0 atom stereocenters. The van der Waals surface area contributed by atoms with Crippen molar-refractivity contribution in [3.8, 4) is 0 Å². The van der Waals surface area contributed by atoms with Crippen LogP contribution in [0, 0.1) is 0 Å². The minimum absolute atomic E-state index is 0.183. The van der Waals surface area contributed by atoms with Gasteiger partial charge >= 0.3 is 0 Å². The molecule has 1 aromatic carbocycles. The average Bonchev–Trinajstić information content (AvgIpc) is 2.81. The van der Waals surface area contributed by atoms with Crippen LogP contribution in [0.3, 0.4) is 0 Å². The van der Waals surface area contributed by atoms with E-state index in [1.807, 2.05) is 12.1 Å². The predicted octanol–water partition coefficient (Wildman–Crippen LogP) is 3.87. The summed E-state index contributed by atoms with van der Waals surface area (Å²) in [7, 11) is 0. The first-order chi connectivity index (χ1) is 8.57. The SMILES string of the molecule is CC(C)(C)c1ccccc1CNCc1ccco1. The minimum Gasteiger partial charge on any atom is -0.468 e. The van der Waals surface area contributed by atoms with Crippen molar-refractivity contribution in [3.63, 3.8) is 0 Å². The number of furan rings is 1. The lowest BCUT2D eigenvalue weighted by molar-refractivity contribution is 0.481. The third-order valence-corrected chi connectivity index (χ3v) is 3.02. The molecular formula is C16H21NO. The van der Waals surface area contributed by atoms with E-state index in [0.29, 0.717) is 0 Å². The van der Waals surface area contributed by atoms with Crippen molar-refractivity contribution in [2.24, 2.45) is 0 Å². The summed E-state index contributed by atoms with van der Waals surface area (Å²) < 4.78 is 5.31. The lowest BCUT2D eigenvalue weighted by Gasteiger charge is -2.23. The van der Waals surface area contributed by atoms with Gasteiger partial charge in [-0.25, -0.2) is 0 Å². The fraction of sp³-hybridized carbons (Fsp3) is 0.375. The Bertz CT molecular complexity index is 480. The number of hydrogen-bond acceptors (Lipinski definition) is 2. The predicted molar refractivity (Wildman–Crippen MR) is 74.4 cm³/mol. The monoisotopic (exact) mass is 243 g/mol. The molecule has 96 valence electrons. The molecule has 1 aromatic heterocycles. The highest BCUT2D eigenvalue weighted by molar-refractivity contribution is 5.32. The standard InChI is InChI=1S/C16H21NO/c1-16(2,3)15-9-5-4-7-13(15)11-17-12-14-8-6-10-18-14/h4-10,17H,11-12H2,1-3H3. The van der Waals surface area contributed by atoms with E-state index in [1.54, 1.807) is 6.26 Å². The summed E-state index contributed by atoms with van der Waals surface area (Å²) in [4.78, 5) is 0. The fourth-order valence-corrected chi connectivity index (χ4v) is 2.14. The van der Waals surface area contributed by atoms with Gasteiger partial charge in [0.05, 0.1) is 12.8 Å². The summed E-state index contributed by atoms with van der Waals surface area (Å²) in [5, 5.41) is 3.42. The maximum absolute atomic E-state index is 5.31. The van der Waals surface area contributed by atoms with Crippen molar-refractivity contribution >= 4 is 0 Å². The Hall–Kier alpha value is -1.54. The van der Waals surface area contributed by atoms with Crippen molar-refractivity contribution < 1.29 is 4.42 Å². The average molecular weight is 243 g/mol. The van der Waals surface area contributed by atoms with Crippen LogP contribution in [0.2, 0.25) is 0 Å². The van der Waals surface area contributed by atoms with E-state index >= 15 is 0 Å². The molecule has 2 heteroatoms. The number of rotatable bonds is 4. The van der Waals surface area contributed by atoms with Crippen LogP contribution in [0.1, 0.15) is 37.7 Å². The third kappa shape index (κ3) is 3.23. The Morgan fingerprint density at radius 1 is 1.00 bits per heavy atom. The number of benzene rings is 1. The zero-order valence-corrected chi connectivity index (χ0v) is 11.4. The topological polar surface area (TPSA) is 25.2 Å². The summed E-state index contributed by atoms with van der Waals surface area (Å²) in [6.45, 7) is 8.38. The van der Waals surface area contributed by atoms with Gasteiger partial charge in [0.15, 0.2) is 0 Å². The highest BCUT2D eigenvalue weighted by atomic mass is 16.3. The molecule has 1 heterocycles. The van der Waals surface area contributed by atoms with Gasteiger partial charge in [-0.1, -0.05) is 45.0 Å². The first-order valence-corrected chi connectivity index (χ1v) is 6.39. The summed E-state index contributed by atoms with van der Waals surface area (Å²) in [6.07, 6.45) is 1.71. The van der Waals surface area contributed by atoms with Gasteiger partial charge in [-0.3, -0.25) is 0 Å². The van der Waals surface area contributed by atoms with E-state index in [0.717, 1.165) is 18.8 Å². The Kier molecular flexibility index (Phi) is 3.87. The lowest BCUT2D eigenvalue weighted by Crippen LogP contribution is -2.19. The molecule has 1 N–H and O–H groups in total. The molecule has 2 aromatic rings. The molecule has 0 aliphatic heterocycles. The van der Waals surface area contributed by atoms with Crippen molar-refractivity contribution in [1.29, 1.82) is 0 Å². The second kappa shape index (κ2) is 5.40. The second-order valence-corrected chi connectivity index (χ2v) is 5.59. The van der Waals surface area contributed by atoms with Crippen molar-refractivity contribution in [2.75, 3.05) is 0 Å². The molecule has 0 aliphatic rings. The van der Waals surface area contributed by atoms with E-state index in [2.05, 4.69) is 50.4 Å². The van der Waals surface area contributed by atoms with Gasteiger partial charge in [0.25, 0.3) is 0 Å². The quantitative estimate of drug-likeness (QED) is 0.882. The Morgan fingerprint density at radius 3 is 2.44 bits per heavy atom. The normalized spacial score (nSPS) is 11.7. The van der Waals surface area contributed by atoms with E-state index < -0.39 is 0 Å². The summed E-state index contributed by atoms with van der Waals surface area (Å²) in [5.74, 6) is 0.975. The van der Waals surface area contributed by atoms with Crippen LogP contribution < -0.4 is 5.32 Å².